The first-order valence-corrected chi connectivity index (χ1v) is 23.6. The highest BCUT2D eigenvalue weighted by Gasteiger charge is 2.23. The molecule has 4 heterocycles. The summed E-state index contributed by atoms with van der Waals surface area (Å²) in [7, 11) is 0. The molecule has 5 nitrogen and oxygen atoms in total. The van der Waals surface area contributed by atoms with Gasteiger partial charge in [-0.3, -0.25) is 4.98 Å². The van der Waals surface area contributed by atoms with E-state index in [1.54, 1.807) is 0 Å². The zero-order valence-electron chi connectivity index (χ0n) is 36.7. The summed E-state index contributed by atoms with van der Waals surface area (Å²) in [6, 6.07) is 81.1. The fraction of sp³-hybridized carbons (Fsp3) is 0. The third-order valence-corrected chi connectivity index (χ3v) is 14.2. The fourth-order valence-electron chi connectivity index (χ4n) is 9.74. The van der Waals surface area contributed by atoms with Gasteiger partial charge in [-0.25, -0.2) is 15.0 Å². The summed E-state index contributed by atoms with van der Waals surface area (Å²) < 4.78 is 4.79. The molecule has 0 fully saturated rings. The van der Waals surface area contributed by atoms with Crippen LogP contribution in [0, 0.1) is 0 Å². The summed E-state index contributed by atoms with van der Waals surface area (Å²) in [6.07, 6.45) is 2.03. The van der Waals surface area contributed by atoms with Gasteiger partial charge >= 0.3 is 0 Å². The molecule has 9 aromatic carbocycles. The number of benzene rings is 9. The standard InChI is InChI=1S/C62H39N5S/c1-6-19-40(20-7-1)44-33-34-47(41-21-8-2-9-22-41)52(37-44)45-38-53(62-65-60(42-23-10-3-11-24-42)64-61(66-62)43-25-12-4-13-26-43)57(63-39-45)51-31-18-30-48-49-35-36-55-56(59(49)68-58(48)51)50-29-16-17-32-54(50)67(55)46-27-14-5-15-28-46/h1-39H. The number of aromatic nitrogens is 5. The van der Waals surface area contributed by atoms with Crippen LogP contribution in [0.25, 0.3) is 126 Å². The van der Waals surface area contributed by atoms with E-state index in [4.69, 9.17) is 19.9 Å². The predicted octanol–water partition coefficient (Wildman–Crippen LogP) is 16.4. The molecule has 13 rings (SSSR count). The van der Waals surface area contributed by atoms with Gasteiger partial charge in [-0.05, 0) is 64.2 Å². The maximum Gasteiger partial charge on any atom is 0.166 e. The summed E-state index contributed by atoms with van der Waals surface area (Å²) in [5.74, 6) is 1.74. The van der Waals surface area contributed by atoms with E-state index in [0.29, 0.717) is 17.5 Å². The smallest absolute Gasteiger partial charge is 0.166 e. The summed E-state index contributed by atoms with van der Waals surface area (Å²) in [4.78, 5) is 21.3. The van der Waals surface area contributed by atoms with E-state index >= 15 is 0 Å². The number of hydrogen-bond donors (Lipinski definition) is 0. The summed E-state index contributed by atoms with van der Waals surface area (Å²) in [5.41, 5.74) is 14.5. The Morgan fingerprint density at radius 2 is 0.882 bits per heavy atom. The Labute approximate surface area is 397 Å². The molecule has 0 aliphatic rings. The van der Waals surface area contributed by atoms with Crippen molar-refractivity contribution in [2.75, 3.05) is 0 Å². The second-order valence-electron chi connectivity index (χ2n) is 17.0. The molecular weight excluding hydrogens is 847 g/mol. The van der Waals surface area contributed by atoms with Gasteiger partial charge in [0.1, 0.15) is 0 Å². The Morgan fingerprint density at radius 3 is 1.57 bits per heavy atom. The minimum absolute atomic E-state index is 0.550. The molecule has 0 aliphatic carbocycles. The normalized spacial score (nSPS) is 11.5. The SMILES string of the molecule is c1ccc(-c2ccc(-c3ccccc3)c(-c3cnc(-c4cccc5c4sc4c5ccc5c4c4ccccc4n5-c4ccccc4)c(-c4nc(-c5ccccc5)nc(-c5ccccc5)n4)c3)c2)cc1. The van der Waals surface area contributed by atoms with Crippen molar-refractivity contribution in [3.05, 3.63) is 237 Å². The zero-order valence-corrected chi connectivity index (χ0v) is 37.5. The lowest BCUT2D eigenvalue weighted by Crippen LogP contribution is -2.02. The molecule has 6 heteroatoms. The van der Waals surface area contributed by atoms with Gasteiger partial charge in [0, 0.05) is 70.6 Å². The molecule has 68 heavy (non-hydrogen) atoms. The molecule has 13 aromatic rings. The van der Waals surface area contributed by atoms with Crippen molar-refractivity contribution in [1.29, 1.82) is 0 Å². The minimum atomic E-state index is 0.550. The molecule has 0 unspecified atom stereocenters. The monoisotopic (exact) mass is 885 g/mol. The van der Waals surface area contributed by atoms with Gasteiger partial charge in [-0.1, -0.05) is 194 Å². The molecule has 0 amide bonds. The Kier molecular flexibility index (Phi) is 9.62. The molecule has 318 valence electrons. The predicted molar refractivity (Wildman–Crippen MR) is 283 cm³/mol. The van der Waals surface area contributed by atoms with Gasteiger partial charge in [0.25, 0.3) is 0 Å². The quantitative estimate of drug-likeness (QED) is 0.153. The van der Waals surface area contributed by atoms with Crippen molar-refractivity contribution in [2.24, 2.45) is 0 Å². The zero-order chi connectivity index (χ0) is 45.0. The van der Waals surface area contributed by atoms with Crippen molar-refractivity contribution in [3.8, 4) is 84.5 Å². The molecule has 0 saturated carbocycles. The highest BCUT2D eigenvalue weighted by molar-refractivity contribution is 7.27. The lowest BCUT2D eigenvalue weighted by Gasteiger charge is -2.16. The van der Waals surface area contributed by atoms with E-state index < -0.39 is 0 Å². The number of hydrogen-bond acceptors (Lipinski definition) is 5. The van der Waals surface area contributed by atoms with Gasteiger partial charge in [0.05, 0.1) is 16.7 Å². The highest BCUT2D eigenvalue weighted by Crippen LogP contribution is 2.48. The molecule has 0 bridgehead atoms. The van der Waals surface area contributed by atoms with E-state index in [1.165, 1.54) is 37.3 Å². The number of thiophene rings is 1. The van der Waals surface area contributed by atoms with Crippen molar-refractivity contribution < 1.29 is 0 Å². The van der Waals surface area contributed by atoms with Crippen molar-refractivity contribution in [3.63, 3.8) is 0 Å². The lowest BCUT2D eigenvalue weighted by molar-refractivity contribution is 1.07. The van der Waals surface area contributed by atoms with Crippen molar-refractivity contribution >= 4 is 53.3 Å². The first-order chi connectivity index (χ1) is 33.7. The average Bonchev–Trinajstić information content (AvgIpc) is 3.98. The van der Waals surface area contributed by atoms with Crippen LogP contribution in [0.2, 0.25) is 0 Å². The molecule has 0 spiro atoms. The number of para-hydroxylation sites is 2. The van der Waals surface area contributed by atoms with Gasteiger partial charge in [-0.2, -0.15) is 0 Å². The van der Waals surface area contributed by atoms with Crippen LogP contribution in [0.5, 0.6) is 0 Å². The third-order valence-electron chi connectivity index (χ3n) is 12.9. The molecule has 0 radical (unpaired) electrons. The Bertz CT molecular complexity index is 3940. The molecule has 0 aliphatic heterocycles. The second kappa shape index (κ2) is 16.5. The van der Waals surface area contributed by atoms with Crippen LogP contribution < -0.4 is 0 Å². The van der Waals surface area contributed by atoms with Gasteiger partial charge in [0.15, 0.2) is 17.5 Å². The van der Waals surface area contributed by atoms with Crippen LogP contribution in [0.4, 0.5) is 0 Å². The topological polar surface area (TPSA) is 56.5 Å². The van der Waals surface area contributed by atoms with E-state index in [9.17, 15) is 0 Å². The van der Waals surface area contributed by atoms with Crippen molar-refractivity contribution in [2.45, 2.75) is 0 Å². The minimum Gasteiger partial charge on any atom is -0.309 e. The summed E-state index contributed by atoms with van der Waals surface area (Å²) in [6.45, 7) is 0. The van der Waals surface area contributed by atoms with Crippen LogP contribution in [0.15, 0.2) is 237 Å². The van der Waals surface area contributed by atoms with E-state index in [1.807, 2.05) is 53.9 Å². The van der Waals surface area contributed by atoms with Crippen LogP contribution in [0.3, 0.4) is 0 Å². The Balaban J connectivity index is 1.09. The van der Waals surface area contributed by atoms with Crippen LogP contribution in [0.1, 0.15) is 0 Å². The second-order valence-corrected chi connectivity index (χ2v) is 18.0. The first kappa shape index (κ1) is 39.5. The molecular formula is C62H39N5S. The van der Waals surface area contributed by atoms with Gasteiger partial charge in [-0.15, -0.1) is 11.3 Å². The van der Waals surface area contributed by atoms with Gasteiger partial charge < -0.3 is 4.57 Å². The molecule has 0 N–H and O–H groups in total. The molecule has 4 aromatic heterocycles. The molecule has 0 atom stereocenters. The Morgan fingerprint density at radius 1 is 0.324 bits per heavy atom. The highest BCUT2D eigenvalue weighted by atomic mass is 32.1. The Hall–Kier alpha value is -8.84. The van der Waals surface area contributed by atoms with E-state index in [2.05, 4.69) is 199 Å². The molecule has 0 saturated heterocycles. The number of rotatable bonds is 8. The third kappa shape index (κ3) is 6.77. The number of nitrogens with zero attached hydrogens (tertiary/aromatic N) is 5. The van der Waals surface area contributed by atoms with Crippen LogP contribution in [-0.4, -0.2) is 24.5 Å². The number of pyridine rings is 1. The summed E-state index contributed by atoms with van der Waals surface area (Å²) in [5, 5.41) is 4.89. The van der Waals surface area contributed by atoms with Gasteiger partial charge in [0.2, 0.25) is 0 Å². The summed E-state index contributed by atoms with van der Waals surface area (Å²) >= 11 is 1.83. The maximum atomic E-state index is 5.52. The average molecular weight is 886 g/mol. The van der Waals surface area contributed by atoms with Crippen LogP contribution >= 0.6 is 11.3 Å². The number of fused-ring (bicyclic) bond motifs is 7. The lowest BCUT2D eigenvalue weighted by atomic mass is 9.90. The first-order valence-electron chi connectivity index (χ1n) is 22.8. The van der Waals surface area contributed by atoms with E-state index in [0.717, 1.165) is 71.7 Å². The van der Waals surface area contributed by atoms with Crippen molar-refractivity contribution in [1.82, 2.24) is 24.5 Å². The van der Waals surface area contributed by atoms with E-state index in [-0.39, 0.29) is 0 Å². The van der Waals surface area contributed by atoms with Crippen LogP contribution in [-0.2, 0) is 0 Å². The maximum absolute atomic E-state index is 5.52. The fourth-order valence-corrected chi connectivity index (χ4v) is 11.1. The largest absolute Gasteiger partial charge is 0.309 e.